The van der Waals surface area contributed by atoms with Gasteiger partial charge in [-0.2, -0.15) is 9.40 Å². The Labute approximate surface area is 176 Å². The van der Waals surface area contributed by atoms with Crippen LogP contribution in [0.5, 0.6) is 0 Å². The summed E-state index contributed by atoms with van der Waals surface area (Å²) in [7, 11) is -1.90. The number of hydrogen-bond donors (Lipinski definition) is 1. The molecule has 2 aliphatic rings. The van der Waals surface area contributed by atoms with Crippen molar-refractivity contribution in [2.75, 3.05) is 13.1 Å². The van der Waals surface area contributed by atoms with E-state index in [0.717, 1.165) is 38.5 Å². The Kier molecular flexibility index (Phi) is 5.97. The van der Waals surface area contributed by atoms with Crippen molar-refractivity contribution < 1.29 is 17.7 Å². The first-order valence-corrected chi connectivity index (χ1v) is 12.1. The maximum absolute atomic E-state index is 13.1. The standard InChI is InChI=1S/C20H29N5O4S/c1-14-19(12-21-24(14)2)30(27,28)25-10-6-7-15(13-25)17-11-18(29-23-17)20(26)22-16-8-4-3-5-9-16/h11-12,15-16H,3-10,13H2,1-2H3,(H,22,26)/t15-/m0/s1. The third-order valence-electron chi connectivity index (χ3n) is 6.30. The van der Waals surface area contributed by atoms with Gasteiger partial charge in [0.1, 0.15) is 4.90 Å². The average molecular weight is 436 g/mol. The highest BCUT2D eigenvalue weighted by Gasteiger charge is 2.34. The van der Waals surface area contributed by atoms with E-state index >= 15 is 0 Å². The summed E-state index contributed by atoms with van der Waals surface area (Å²) >= 11 is 0. The van der Waals surface area contributed by atoms with Gasteiger partial charge in [-0.1, -0.05) is 24.4 Å². The van der Waals surface area contributed by atoms with E-state index in [1.54, 1.807) is 24.7 Å². The minimum absolute atomic E-state index is 0.106. The minimum Gasteiger partial charge on any atom is -0.351 e. The number of carbonyl (C=O) groups is 1. The number of aromatic nitrogens is 3. The van der Waals surface area contributed by atoms with Crippen LogP contribution >= 0.6 is 0 Å². The topological polar surface area (TPSA) is 110 Å². The molecule has 2 aromatic rings. The number of rotatable bonds is 5. The van der Waals surface area contributed by atoms with Crippen LogP contribution in [0.4, 0.5) is 0 Å². The molecule has 0 spiro atoms. The third kappa shape index (κ3) is 4.15. The van der Waals surface area contributed by atoms with E-state index in [9.17, 15) is 13.2 Å². The molecule has 3 heterocycles. The number of aryl methyl sites for hydroxylation is 1. The fourth-order valence-electron chi connectivity index (χ4n) is 4.36. The van der Waals surface area contributed by atoms with Gasteiger partial charge in [0.05, 0.1) is 17.6 Å². The van der Waals surface area contributed by atoms with E-state index in [1.807, 2.05) is 0 Å². The van der Waals surface area contributed by atoms with Crippen molar-refractivity contribution in [1.82, 2.24) is 24.6 Å². The van der Waals surface area contributed by atoms with Crippen molar-refractivity contribution in [2.24, 2.45) is 7.05 Å². The highest BCUT2D eigenvalue weighted by Crippen LogP contribution is 2.31. The van der Waals surface area contributed by atoms with Crippen LogP contribution in [0.15, 0.2) is 21.7 Å². The summed E-state index contributed by atoms with van der Waals surface area (Å²) in [5, 5.41) is 11.2. The summed E-state index contributed by atoms with van der Waals surface area (Å²) in [5.41, 5.74) is 1.24. The molecule has 10 heteroatoms. The second kappa shape index (κ2) is 8.50. The highest BCUT2D eigenvalue weighted by atomic mass is 32.2. The number of hydrogen-bond acceptors (Lipinski definition) is 6. The molecule has 1 N–H and O–H groups in total. The molecule has 2 fully saturated rings. The first kappa shape index (κ1) is 21.0. The number of nitrogens with one attached hydrogen (secondary N) is 1. The van der Waals surface area contributed by atoms with Crippen LogP contribution < -0.4 is 5.32 Å². The van der Waals surface area contributed by atoms with Crippen molar-refractivity contribution >= 4 is 15.9 Å². The number of amides is 1. The zero-order valence-corrected chi connectivity index (χ0v) is 18.3. The summed E-state index contributed by atoms with van der Waals surface area (Å²) in [5.74, 6) is -0.156. The van der Waals surface area contributed by atoms with Crippen molar-refractivity contribution in [3.8, 4) is 0 Å². The maximum atomic E-state index is 13.1. The maximum Gasteiger partial charge on any atom is 0.290 e. The Hall–Kier alpha value is -2.20. The molecular weight excluding hydrogens is 406 g/mol. The van der Waals surface area contributed by atoms with E-state index in [1.165, 1.54) is 16.9 Å². The molecule has 2 aromatic heterocycles. The smallest absolute Gasteiger partial charge is 0.290 e. The van der Waals surface area contributed by atoms with Gasteiger partial charge in [-0.25, -0.2) is 8.42 Å². The molecular formula is C20H29N5O4S. The second-order valence-corrected chi connectivity index (χ2v) is 10.3. The summed E-state index contributed by atoms with van der Waals surface area (Å²) in [6.45, 7) is 2.52. The predicted molar refractivity (Wildman–Crippen MR) is 110 cm³/mol. The van der Waals surface area contributed by atoms with Gasteiger partial charge in [0.25, 0.3) is 5.91 Å². The number of piperidine rings is 1. The van der Waals surface area contributed by atoms with E-state index in [-0.39, 0.29) is 28.5 Å². The Morgan fingerprint density at radius 3 is 2.67 bits per heavy atom. The van der Waals surface area contributed by atoms with Crippen LogP contribution in [-0.2, 0) is 17.1 Å². The lowest BCUT2D eigenvalue weighted by Gasteiger charge is -2.30. The molecule has 1 atom stereocenters. The fraction of sp³-hybridized carbons (Fsp3) is 0.650. The Balaban J connectivity index is 1.45. The van der Waals surface area contributed by atoms with E-state index < -0.39 is 10.0 Å². The molecule has 1 aliphatic carbocycles. The highest BCUT2D eigenvalue weighted by molar-refractivity contribution is 7.89. The first-order chi connectivity index (χ1) is 14.4. The fourth-order valence-corrected chi connectivity index (χ4v) is 6.07. The molecule has 1 saturated heterocycles. The summed E-state index contributed by atoms with van der Waals surface area (Å²) < 4.78 is 34.5. The van der Waals surface area contributed by atoms with Crippen LogP contribution in [0, 0.1) is 6.92 Å². The van der Waals surface area contributed by atoms with Gasteiger partial charge >= 0.3 is 0 Å². The predicted octanol–water partition coefficient (Wildman–Crippen LogP) is 2.35. The Bertz CT molecular complexity index is 1010. The van der Waals surface area contributed by atoms with Gasteiger partial charge < -0.3 is 9.84 Å². The third-order valence-corrected chi connectivity index (χ3v) is 8.27. The molecule has 4 rings (SSSR count). The average Bonchev–Trinajstić information content (AvgIpc) is 3.37. The number of nitrogens with zero attached hydrogens (tertiary/aromatic N) is 4. The van der Waals surface area contributed by atoms with Gasteiger partial charge in [-0.3, -0.25) is 9.48 Å². The quantitative estimate of drug-likeness (QED) is 0.772. The van der Waals surface area contributed by atoms with Crippen molar-refractivity contribution in [3.63, 3.8) is 0 Å². The SMILES string of the molecule is Cc1c(S(=O)(=O)N2CCC[C@H](c3cc(C(=O)NC4CCCCC4)on3)C2)cnn1C. The summed E-state index contributed by atoms with van der Waals surface area (Å²) in [4.78, 5) is 12.7. The number of sulfonamides is 1. The van der Waals surface area contributed by atoms with Gasteiger partial charge in [0.15, 0.2) is 0 Å². The van der Waals surface area contributed by atoms with Gasteiger partial charge in [-0.15, -0.1) is 0 Å². The Morgan fingerprint density at radius 1 is 1.20 bits per heavy atom. The van der Waals surface area contributed by atoms with Gasteiger partial charge in [-0.05, 0) is 32.6 Å². The van der Waals surface area contributed by atoms with Crippen LogP contribution in [0.3, 0.4) is 0 Å². The van der Waals surface area contributed by atoms with Gasteiger partial charge in [0.2, 0.25) is 15.8 Å². The van der Waals surface area contributed by atoms with E-state index in [0.29, 0.717) is 24.5 Å². The molecule has 0 unspecified atom stereocenters. The lowest BCUT2D eigenvalue weighted by atomic mass is 9.95. The molecule has 1 amide bonds. The number of carbonyl (C=O) groups excluding carboxylic acids is 1. The Morgan fingerprint density at radius 2 is 1.97 bits per heavy atom. The lowest BCUT2D eigenvalue weighted by molar-refractivity contribution is 0.0890. The molecule has 0 bridgehead atoms. The van der Waals surface area contributed by atoms with Crippen molar-refractivity contribution in [2.45, 2.75) is 68.7 Å². The van der Waals surface area contributed by atoms with Crippen molar-refractivity contribution in [3.05, 3.63) is 29.4 Å². The summed E-state index contributed by atoms with van der Waals surface area (Å²) in [6.07, 6.45) is 8.40. The normalized spacial score (nSPS) is 21.6. The van der Waals surface area contributed by atoms with Crippen molar-refractivity contribution in [1.29, 1.82) is 0 Å². The van der Waals surface area contributed by atoms with Crippen LogP contribution in [-0.4, -0.2) is 52.7 Å². The lowest BCUT2D eigenvalue weighted by Crippen LogP contribution is -2.39. The monoisotopic (exact) mass is 435 g/mol. The molecule has 30 heavy (non-hydrogen) atoms. The molecule has 1 saturated carbocycles. The largest absolute Gasteiger partial charge is 0.351 e. The van der Waals surface area contributed by atoms with Gasteiger partial charge in [0, 0.05) is 38.2 Å². The van der Waals surface area contributed by atoms with Crippen LogP contribution in [0.2, 0.25) is 0 Å². The van der Waals surface area contributed by atoms with E-state index in [4.69, 9.17) is 4.52 Å². The zero-order valence-electron chi connectivity index (χ0n) is 17.5. The molecule has 9 nitrogen and oxygen atoms in total. The van der Waals surface area contributed by atoms with Crippen LogP contribution in [0.25, 0.3) is 0 Å². The molecule has 0 radical (unpaired) electrons. The zero-order chi connectivity index (χ0) is 21.3. The second-order valence-electron chi connectivity index (χ2n) is 8.34. The van der Waals surface area contributed by atoms with Crippen LogP contribution in [0.1, 0.15) is 72.8 Å². The first-order valence-electron chi connectivity index (χ1n) is 10.6. The molecule has 1 aliphatic heterocycles. The molecule has 0 aromatic carbocycles. The van der Waals surface area contributed by atoms with E-state index in [2.05, 4.69) is 15.6 Å². The minimum atomic E-state index is -3.63. The summed E-state index contributed by atoms with van der Waals surface area (Å²) in [6, 6.07) is 1.85. The molecule has 164 valence electrons.